The smallest absolute Gasteiger partial charge is 0.193 e. The van der Waals surface area contributed by atoms with E-state index in [4.69, 9.17) is 18.9 Å². The number of hydrogen-bond donors (Lipinski definition) is 1. The minimum absolute atomic E-state index is 0.314. The minimum atomic E-state index is 0.314. The molecule has 3 heterocycles. The largest absolute Gasteiger partial charge is 0.469 e. The Morgan fingerprint density at radius 1 is 1.33 bits per heavy atom. The highest BCUT2D eigenvalue weighted by Crippen LogP contribution is 2.18. The molecular formula is C21H35N3O3. The zero-order valence-corrected chi connectivity index (χ0v) is 16.9. The number of rotatable bonds is 8. The lowest BCUT2D eigenvalue weighted by molar-refractivity contribution is -0.0367. The van der Waals surface area contributed by atoms with Crippen LogP contribution in [0.2, 0.25) is 0 Å². The summed E-state index contributed by atoms with van der Waals surface area (Å²) in [6.07, 6.45) is 7.67. The van der Waals surface area contributed by atoms with Gasteiger partial charge in [-0.25, -0.2) is 0 Å². The summed E-state index contributed by atoms with van der Waals surface area (Å²) in [7, 11) is 0. The molecule has 0 amide bonds. The topological polar surface area (TPSA) is 59.2 Å². The highest BCUT2D eigenvalue weighted by Gasteiger charge is 2.24. The molecule has 27 heavy (non-hydrogen) atoms. The molecule has 1 aromatic rings. The third-order valence-electron chi connectivity index (χ3n) is 5.12. The lowest BCUT2D eigenvalue weighted by Gasteiger charge is -2.34. The van der Waals surface area contributed by atoms with Crippen LogP contribution in [0.25, 0.3) is 0 Å². The van der Waals surface area contributed by atoms with E-state index >= 15 is 0 Å². The van der Waals surface area contributed by atoms with Gasteiger partial charge in [0.2, 0.25) is 0 Å². The molecule has 6 nitrogen and oxygen atoms in total. The van der Waals surface area contributed by atoms with Gasteiger partial charge in [-0.2, -0.15) is 0 Å². The van der Waals surface area contributed by atoms with E-state index in [1.54, 1.807) is 6.26 Å². The number of ether oxygens (including phenoxy) is 2. The molecule has 0 aromatic carbocycles. The molecule has 1 N–H and O–H groups in total. The van der Waals surface area contributed by atoms with Crippen molar-refractivity contribution in [1.29, 1.82) is 0 Å². The van der Waals surface area contributed by atoms with E-state index in [1.807, 2.05) is 12.1 Å². The van der Waals surface area contributed by atoms with E-state index < -0.39 is 0 Å². The summed E-state index contributed by atoms with van der Waals surface area (Å²) in [6.45, 7) is 9.70. The predicted octanol–water partition coefficient (Wildman–Crippen LogP) is 3.08. The number of furan rings is 1. The van der Waals surface area contributed by atoms with Gasteiger partial charge in [0.05, 0.1) is 25.1 Å². The normalized spacial score (nSPS) is 22.0. The molecular weight excluding hydrogens is 342 g/mol. The van der Waals surface area contributed by atoms with Crippen molar-refractivity contribution in [2.75, 3.05) is 39.4 Å². The SMILES string of the molecule is CC(C)CN=C(NCCc1ccco1)N1CCC(OCC2CCCO2)CC1. The highest BCUT2D eigenvalue weighted by molar-refractivity contribution is 5.80. The van der Waals surface area contributed by atoms with Crippen LogP contribution in [0.1, 0.15) is 45.3 Å². The summed E-state index contributed by atoms with van der Waals surface area (Å²) >= 11 is 0. The van der Waals surface area contributed by atoms with Crippen molar-refractivity contribution in [3.05, 3.63) is 24.2 Å². The molecule has 2 aliphatic rings. The number of guanidine groups is 1. The Bertz CT molecular complexity index is 545. The highest BCUT2D eigenvalue weighted by atomic mass is 16.5. The molecule has 2 aliphatic heterocycles. The van der Waals surface area contributed by atoms with Crippen molar-refractivity contribution in [2.24, 2.45) is 10.9 Å². The second-order valence-electron chi connectivity index (χ2n) is 7.97. The summed E-state index contributed by atoms with van der Waals surface area (Å²) in [5.74, 6) is 2.58. The van der Waals surface area contributed by atoms with Crippen LogP contribution in [0.15, 0.2) is 27.8 Å². The average Bonchev–Trinajstić information content (AvgIpc) is 3.37. The Labute approximate surface area is 163 Å². The maximum atomic E-state index is 6.10. The predicted molar refractivity (Wildman–Crippen MR) is 107 cm³/mol. The van der Waals surface area contributed by atoms with Crippen LogP contribution in [0, 0.1) is 5.92 Å². The maximum absolute atomic E-state index is 6.10. The number of nitrogens with one attached hydrogen (secondary N) is 1. The molecule has 0 bridgehead atoms. The van der Waals surface area contributed by atoms with E-state index in [0.717, 1.165) is 76.8 Å². The fourth-order valence-electron chi connectivity index (χ4n) is 3.54. The fraction of sp³-hybridized carbons (Fsp3) is 0.762. The molecule has 1 atom stereocenters. The van der Waals surface area contributed by atoms with E-state index in [2.05, 4.69) is 24.1 Å². The number of hydrogen-bond acceptors (Lipinski definition) is 4. The van der Waals surface area contributed by atoms with E-state index in [9.17, 15) is 0 Å². The van der Waals surface area contributed by atoms with E-state index in [-0.39, 0.29) is 0 Å². The first-order chi connectivity index (χ1) is 13.2. The van der Waals surface area contributed by atoms with Crippen LogP contribution in [0.3, 0.4) is 0 Å². The number of likely N-dealkylation sites (tertiary alicyclic amines) is 1. The Kier molecular flexibility index (Phi) is 8.02. The van der Waals surface area contributed by atoms with Crippen molar-refractivity contribution in [3.8, 4) is 0 Å². The summed E-state index contributed by atoms with van der Waals surface area (Å²) in [4.78, 5) is 7.21. The first-order valence-electron chi connectivity index (χ1n) is 10.5. The summed E-state index contributed by atoms with van der Waals surface area (Å²) in [5, 5.41) is 3.53. The number of aliphatic imine (C=N–C) groups is 1. The zero-order valence-electron chi connectivity index (χ0n) is 16.9. The first-order valence-corrected chi connectivity index (χ1v) is 10.5. The molecule has 6 heteroatoms. The third-order valence-corrected chi connectivity index (χ3v) is 5.12. The molecule has 0 aliphatic carbocycles. The molecule has 1 unspecified atom stereocenters. The van der Waals surface area contributed by atoms with Crippen LogP contribution in [-0.4, -0.2) is 62.5 Å². The van der Waals surface area contributed by atoms with E-state index in [1.165, 1.54) is 6.42 Å². The molecule has 2 fully saturated rings. The second-order valence-corrected chi connectivity index (χ2v) is 7.97. The maximum Gasteiger partial charge on any atom is 0.193 e. The van der Waals surface area contributed by atoms with Gasteiger partial charge in [-0.15, -0.1) is 0 Å². The molecule has 0 radical (unpaired) electrons. The van der Waals surface area contributed by atoms with Crippen molar-refractivity contribution < 1.29 is 13.9 Å². The van der Waals surface area contributed by atoms with Crippen LogP contribution in [-0.2, 0) is 15.9 Å². The van der Waals surface area contributed by atoms with Gasteiger partial charge in [-0.3, -0.25) is 4.99 Å². The van der Waals surface area contributed by atoms with Gasteiger partial charge < -0.3 is 24.1 Å². The lowest BCUT2D eigenvalue weighted by atomic mass is 10.1. The number of piperidine rings is 1. The molecule has 0 saturated carbocycles. The second kappa shape index (κ2) is 10.7. The quantitative estimate of drug-likeness (QED) is 0.557. The first kappa shape index (κ1) is 20.2. The van der Waals surface area contributed by atoms with Gasteiger partial charge >= 0.3 is 0 Å². The molecule has 2 saturated heterocycles. The third kappa shape index (κ3) is 6.85. The molecule has 152 valence electrons. The fourth-order valence-corrected chi connectivity index (χ4v) is 3.54. The van der Waals surface area contributed by atoms with E-state index in [0.29, 0.717) is 18.1 Å². The van der Waals surface area contributed by atoms with Crippen LogP contribution in [0.4, 0.5) is 0 Å². The molecule has 3 rings (SSSR count). The molecule has 1 aromatic heterocycles. The van der Waals surface area contributed by atoms with Crippen LogP contribution in [0.5, 0.6) is 0 Å². The van der Waals surface area contributed by atoms with Gasteiger partial charge in [0, 0.05) is 39.2 Å². The lowest BCUT2D eigenvalue weighted by Crippen LogP contribution is -2.47. The van der Waals surface area contributed by atoms with Gasteiger partial charge in [-0.05, 0) is 43.7 Å². The Morgan fingerprint density at radius 3 is 2.85 bits per heavy atom. The molecule has 0 spiro atoms. The minimum Gasteiger partial charge on any atom is -0.469 e. The van der Waals surface area contributed by atoms with Crippen molar-refractivity contribution in [1.82, 2.24) is 10.2 Å². The summed E-state index contributed by atoms with van der Waals surface area (Å²) in [6, 6.07) is 3.95. The van der Waals surface area contributed by atoms with Gasteiger partial charge in [-0.1, -0.05) is 13.8 Å². The van der Waals surface area contributed by atoms with Crippen molar-refractivity contribution >= 4 is 5.96 Å². The summed E-state index contributed by atoms with van der Waals surface area (Å²) < 4.78 is 17.2. The zero-order chi connectivity index (χ0) is 18.9. The standard InChI is InChI=1S/C21H35N3O3/c1-17(2)15-23-21(22-10-7-18-5-3-13-25-18)24-11-8-19(9-12-24)27-16-20-6-4-14-26-20/h3,5,13,17,19-20H,4,6-12,14-16H2,1-2H3,(H,22,23). The van der Waals surface area contributed by atoms with Gasteiger partial charge in [0.1, 0.15) is 5.76 Å². The Balaban J connectivity index is 1.43. The van der Waals surface area contributed by atoms with Crippen molar-refractivity contribution in [2.45, 2.75) is 58.2 Å². The van der Waals surface area contributed by atoms with Crippen LogP contribution >= 0.6 is 0 Å². The summed E-state index contributed by atoms with van der Waals surface area (Å²) in [5.41, 5.74) is 0. The monoisotopic (exact) mass is 377 g/mol. The Hall–Kier alpha value is -1.53. The number of nitrogens with zero attached hydrogens (tertiary/aromatic N) is 2. The Morgan fingerprint density at radius 2 is 2.19 bits per heavy atom. The van der Waals surface area contributed by atoms with Crippen LogP contribution < -0.4 is 5.32 Å². The van der Waals surface area contributed by atoms with Gasteiger partial charge in [0.15, 0.2) is 5.96 Å². The van der Waals surface area contributed by atoms with Gasteiger partial charge in [0.25, 0.3) is 0 Å². The van der Waals surface area contributed by atoms with Crippen molar-refractivity contribution in [3.63, 3.8) is 0 Å². The average molecular weight is 378 g/mol.